The molecule has 0 aliphatic carbocycles. The second-order valence-corrected chi connectivity index (χ2v) is 8.52. The Morgan fingerprint density at radius 1 is 0.423 bits per heavy atom. The molecule has 0 spiro atoms. The molecule has 1 atom stereocenters. The molecule has 0 saturated carbocycles. The molecular weight excluding hydrogens is 312 g/mol. The van der Waals surface area contributed by atoms with E-state index in [-0.39, 0.29) is 0 Å². The zero-order valence-electron chi connectivity index (χ0n) is 18.9. The largest absolute Gasteiger partial charge is 0.0885 e. The van der Waals surface area contributed by atoms with Gasteiger partial charge in [-0.3, -0.25) is 0 Å². The van der Waals surface area contributed by atoms with Crippen LogP contribution in [0.15, 0.2) is 12.2 Å². The molecule has 26 heavy (non-hydrogen) atoms. The van der Waals surface area contributed by atoms with Gasteiger partial charge in [-0.2, -0.15) is 0 Å². The predicted molar refractivity (Wildman–Crippen MR) is 122 cm³/mol. The van der Waals surface area contributed by atoms with Crippen molar-refractivity contribution in [2.75, 3.05) is 0 Å². The highest BCUT2D eigenvalue weighted by atomic mass is 14.1. The minimum atomic E-state index is 0.990. The van der Waals surface area contributed by atoms with Gasteiger partial charge in [-0.15, -0.1) is 0 Å². The van der Waals surface area contributed by atoms with Gasteiger partial charge in [-0.1, -0.05) is 136 Å². The Morgan fingerprint density at radius 3 is 1.50 bits per heavy atom. The van der Waals surface area contributed by atoms with Gasteiger partial charge in [0.15, 0.2) is 0 Å². The summed E-state index contributed by atoms with van der Waals surface area (Å²) in [7, 11) is 0. The van der Waals surface area contributed by atoms with Gasteiger partial charge in [0, 0.05) is 0 Å². The number of hydrogen-bond acceptors (Lipinski definition) is 0. The standard InChI is InChI=1S/C26H52/c1-4-7-10-12-14-15-16-18-20-22-25-26(23-9-6-3)24-21-19-17-13-11-8-5-2/h17,19,26H,4-16,18,20-25H2,1-3H3/b19-17+. The lowest BCUT2D eigenvalue weighted by Gasteiger charge is -2.15. The van der Waals surface area contributed by atoms with E-state index in [2.05, 4.69) is 32.9 Å². The molecule has 0 heteroatoms. The minimum Gasteiger partial charge on any atom is -0.0885 e. The number of unbranched alkanes of at least 4 members (excludes halogenated alkanes) is 13. The fraction of sp³-hybridized carbons (Fsp3) is 0.923. The van der Waals surface area contributed by atoms with Crippen LogP contribution in [0.4, 0.5) is 0 Å². The van der Waals surface area contributed by atoms with Gasteiger partial charge in [0.05, 0.1) is 0 Å². The van der Waals surface area contributed by atoms with E-state index in [1.54, 1.807) is 0 Å². The van der Waals surface area contributed by atoms with Crippen molar-refractivity contribution in [1.29, 1.82) is 0 Å². The zero-order valence-corrected chi connectivity index (χ0v) is 18.9. The average molecular weight is 365 g/mol. The molecule has 0 amide bonds. The smallest absolute Gasteiger partial charge is 0.0348 e. The summed E-state index contributed by atoms with van der Waals surface area (Å²) in [6.45, 7) is 6.93. The third-order valence-corrected chi connectivity index (χ3v) is 5.81. The van der Waals surface area contributed by atoms with Crippen molar-refractivity contribution in [1.82, 2.24) is 0 Å². The van der Waals surface area contributed by atoms with Gasteiger partial charge in [-0.05, 0) is 31.6 Å². The quantitative estimate of drug-likeness (QED) is 0.140. The van der Waals surface area contributed by atoms with Gasteiger partial charge in [0.25, 0.3) is 0 Å². The fourth-order valence-corrected chi connectivity index (χ4v) is 3.93. The van der Waals surface area contributed by atoms with Crippen LogP contribution in [0.1, 0.15) is 149 Å². The molecule has 0 aliphatic rings. The van der Waals surface area contributed by atoms with Crippen LogP contribution in [-0.2, 0) is 0 Å². The van der Waals surface area contributed by atoms with Crippen molar-refractivity contribution in [2.45, 2.75) is 149 Å². The van der Waals surface area contributed by atoms with Crippen molar-refractivity contribution in [3.63, 3.8) is 0 Å². The molecule has 0 N–H and O–H groups in total. The van der Waals surface area contributed by atoms with E-state index >= 15 is 0 Å². The Bertz CT molecular complexity index is 265. The monoisotopic (exact) mass is 364 g/mol. The van der Waals surface area contributed by atoms with E-state index in [0.29, 0.717) is 0 Å². The molecule has 1 unspecified atom stereocenters. The highest BCUT2D eigenvalue weighted by molar-refractivity contribution is 4.82. The summed E-state index contributed by atoms with van der Waals surface area (Å²) in [6, 6.07) is 0. The second-order valence-electron chi connectivity index (χ2n) is 8.52. The molecule has 0 fully saturated rings. The highest BCUT2D eigenvalue weighted by Crippen LogP contribution is 2.23. The van der Waals surface area contributed by atoms with Crippen LogP contribution in [-0.4, -0.2) is 0 Å². The zero-order chi connectivity index (χ0) is 19.1. The maximum absolute atomic E-state index is 2.47. The third kappa shape index (κ3) is 20.1. The Kier molecular flexibility index (Phi) is 22.6. The molecule has 0 nitrogen and oxygen atoms in total. The van der Waals surface area contributed by atoms with Crippen molar-refractivity contribution in [3.05, 3.63) is 12.2 Å². The first-order chi connectivity index (χ1) is 12.8. The lowest BCUT2D eigenvalue weighted by Crippen LogP contribution is -2.00. The summed E-state index contributed by atoms with van der Waals surface area (Å²) in [4.78, 5) is 0. The summed E-state index contributed by atoms with van der Waals surface area (Å²) in [5, 5.41) is 0. The molecular formula is C26H52. The Hall–Kier alpha value is -0.260. The summed E-state index contributed by atoms with van der Waals surface area (Å²) >= 11 is 0. The molecule has 0 aromatic carbocycles. The first kappa shape index (κ1) is 25.7. The summed E-state index contributed by atoms with van der Waals surface area (Å²) in [5.41, 5.74) is 0. The van der Waals surface area contributed by atoms with Crippen LogP contribution in [0.25, 0.3) is 0 Å². The van der Waals surface area contributed by atoms with Crippen LogP contribution >= 0.6 is 0 Å². The molecule has 0 radical (unpaired) electrons. The van der Waals surface area contributed by atoms with Gasteiger partial charge >= 0.3 is 0 Å². The van der Waals surface area contributed by atoms with Crippen LogP contribution < -0.4 is 0 Å². The van der Waals surface area contributed by atoms with Crippen LogP contribution in [0.5, 0.6) is 0 Å². The minimum absolute atomic E-state index is 0.990. The molecule has 0 bridgehead atoms. The number of rotatable bonds is 21. The van der Waals surface area contributed by atoms with Crippen molar-refractivity contribution in [2.24, 2.45) is 5.92 Å². The van der Waals surface area contributed by atoms with E-state index in [0.717, 1.165) is 5.92 Å². The van der Waals surface area contributed by atoms with E-state index < -0.39 is 0 Å². The normalized spacial score (nSPS) is 12.9. The lowest BCUT2D eigenvalue weighted by molar-refractivity contribution is 0.388. The van der Waals surface area contributed by atoms with Gasteiger partial charge in [-0.25, -0.2) is 0 Å². The molecule has 0 aromatic rings. The molecule has 0 rings (SSSR count). The predicted octanol–water partition coefficient (Wildman–Crippen LogP) is 10.0. The maximum atomic E-state index is 2.47. The van der Waals surface area contributed by atoms with Crippen LogP contribution in [0, 0.1) is 5.92 Å². The second kappa shape index (κ2) is 22.8. The van der Waals surface area contributed by atoms with Crippen molar-refractivity contribution >= 4 is 0 Å². The van der Waals surface area contributed by atoms with Gasteiger partial charge in [0.1, 0.15) is 0 Å². The first-order valence-electron chi connectivity index (χ1n) is 12.5. The Morgan fingerprint density at radius 2 is 0.885 bits per heavy atom. The Balaban J connectivity index is 3.61. The van der Waals surface area contributed by atoms with E-state index in [1.165, 1.54) is 128 Å². The lowest BCUT2D eigenvalue weighted by atomic mass is 9.91. The highest BCUT2D eigenvalue weighted by Gasteiger charge is 2.07. The number of hydrogen-bond donors (Lipinski definition) is 0. The average Bonchev–Trinajstić information content (AvgIpc) is 2.66. The SMILES string of the molecule is CCCCC/C=C/CCC(CCCC)CCCCCCCCCCCC. The van der Waals surface area contributed by atoms with E-state index in [1.807, 2.05) is 0 Å². The molecule has 0 heterocycles. The van der Waals surface area contributed by atoms with Crippen LogP contribution in [0.2, 0.25) is 0 Å². The maximum Gasteiger partial charge on any atom is -0.0348 e. The molecule has 0 aromatic heterocycles. The van der Waals surface area contributed by atoms with E-state index in [9.17, 15) is 0 Å². The van der Waals surface area contributed by atoms with Gasteiger partial charge in [0.2, 0.25) is 0 Å². The van der Waals surface area contributed by atoms with Crippen molar-refractivity contribution < 1.29 is 0 Å². The summed E-state index contributed by atoms with van der Waals surface area (Å²) < 4.78 is 0. The summed E-state index contributed by atoms with van der Waals surface area (Å²) in [5.74, 6) is 0.990. The number of allylic oxidation sites excluding steroid dienone is 2. The fourth-order valence-electron chi connectivity index (χ4n) is 3.93. The molecule has 0 saturated heterocycles. The van der Waals surface area contributed by atoms with Crippen molar-refractivity contribution in [3.8, 4) is 0 Å². The third-order valence-electron chi connectivity index (χ3n) is 5.81. The van der Waals surface area contributed by atoms with Gasteiger partial charge < -0.3 is 0 Å². The van der Waals surface area contributed by atoms with E-state index in [4.69, 9.17) is 0 Å². The molecule has 0 aliphatic heterocycles. The molecule has 156 valence electrons. The Labute approximate surface area is 167 Å². The first-order valence-corrected chi connectivity index (χ1v) is 12.5. The summed E-state index contributed by atoms with van der Waals surface area (Å²) in [6.07, 6.45) is 33.4. The van der Waals surface area contributed by atoms with Crippen LogP contribution in [0.3, 0.4) is 0 Å². The topological polar surface area (TPSA) is 0 Å².